The third kappa shape index (κ3) is 5.52. The highest BCUT2D eigenvalue weighted by atomic mass is 16.6. The highest BCUT2D eigenvalue weighted by Crippen LogP contribution is 2.71. The fourth-order valence-corrected chi connectivity index (χ4v) is 9.44. The molecule has 3 saturated carbocycles. The quantitative estimate of drug-likeness (QED) is 0.109. The molecular weight excluding hydrogens is 642 g/mol. The van der Waals surface area contributed by atoms with Crippen molar-refractivity contribution in [2.45, 2.75) is 94.7 Å². The molecule has 8 atom stereocenters. The van der Waals surface area contributed by atoms with Gasteiger partial charge in [0.25, 0.3) is 5.69 Å². The number of nitro benzene ring substituents is 1. The van der Waals surface area contributed by atoms with E-state index in [-0.39, 0.29) is 31.4 Å². The van der Waals surface area contributed by atoms with Crippen LogP contribution in [0.5, 0.6) is 0 Å². The van der Waals surface area contributed by atoms with Gasteiger partial charge in [-0.1, -0.05) is 48.9 Å². The number of Topliss-reactive ketones (excluding diaryl/α,β-unsaturated/α-hetero) is 1. The summed E-state index contributed by atoms with van der Waals surface area (Å²) < 4.78 is 11.9. The summed E-state index contributed by atoms with van der Waals surface area (Å²) in [6.07, 6.45) is 7.35. The number of nitro groups is 1. The summed E-state index contributed by atoms with van der Waals surface area (Å²) in [5, 5.41) is 48.1. The van der Waals surface area contributed by atoms with Crippen molar-refractivity contribution in [2.24, 2.45) is 16.7 Å². The molecule has 264 valence electrons. The van der Waals surface area contributed by atoms with Crippen LogP contribution in [-0.4, -0.2) is 67.0 Å². The first-order valence-electron chi connectivity index (χ1n) is 17.0. The van der Waals surface area contributed by atoms with Gasteiger partial charge in [-0.25, -0.2) is 9.59 Å². The van der Waals surface area contributed by atoms with Crippen LogP contribution in [0, 0.1) is 26.9 Å². The summed E-state index contributed by atoms with van der Waals surface area (Å²) in [6.45, 7) is 4.81. The molecule has 3 fully saturated rings. The van der Waals surface area contributed by atoms with E-state index in [0.29, 0.717) is 24.8 Å². The Labute approximate surface area is 290 Å². The molecule has 4 aliphatic rings. The number of carbonyl (C=O) groups is 3. The molecule has 0 aromatic heterocycles. The molecule has 11 nitrogen and oxygen atoms in total. The SMILES string of the molecule is CC(=O)[C@]1(O)CC[C@@]2(O)[C@]1(C)[C@H](OC(=O)/C=C/c1ccccc1)C[C@@H]1[C@@]3(C)CC[C@H](OC(=O)/C=C/c4ccc([N+](=O)[O-])cc4)CC3=CC[C@]12O. The van der Waals surface area contributed by atoms with E-state index in [9.17, 15) is 39.8 Å². The predicted molar refractivity (Wildman–Crippen MR) is 183 cm³/mol. The summed E-state index contributed by atoms with van der Waals surface area (Å²) in [4.78, 5) is 49.6. The van der Waals surface area contributed by atoms with E-state index in [4.69, 9.17) is 9.47 Å². The molecule has 3 N–H and O–H groups in total. The Balaban J connectivity index is 1.25. The number of non-ortho nitro benzene ring substituents is 1. The topological polar surface area (TPSA) is 174 Å². The van der Waals surface area contributed by atoms with Crippen LogP contribution >= 0.6 is 0 Å². The second kappa shape index (κ2) is 12.7. The molecule has 0 spiro atoms. The van der Waals surface area contributed by atoms with E-state index in [1.165, 1.54) is 49.4 Å². The average Bonchev–Trinajstić information content (AvgIpc) is 3.32. The molecular formula is C39H43NO10. The van der Waals surface area contributed by atoms with E-state index in [0.717, 1.165) is 11.1 Å². The van der Waals surface area contributed by atoms with Gasteiger partial charge < -0.3 is 24.8 Å². The van der Waals surface area contributed by atoms with Crippen molar-refractivity contribution >= 4 is 35.6 Å². The molecule has 0 heterocycles. The Morgan fingerprint density at radius 3 is 2.12 bits per heavy atom. The maximum Gasteiger partial charge on any atom is 0.331 e. The first-order chi connectivity index (χ1) is 23.6. The summed E-state index contributed by atoms with van der Waals surface area (Å²) >= 11 is 0. The predicted octanol–water partition coefficient (Wildman–Crippen LogP) is 5.27. The van der Waals surface area contributed by atoms with Crippen molar-refractivity contribution < 1.29 is 44.1 Å². The number of nitrogens with zero attached hydrogens (tertiary/aromatic N) is 1. The van der Waals surface area contributed by atoms with Crippen LogP contribution in [0.2, 0.25) is 0 Å². The molecule has 2 aromatic carbocycles. The van der Waals surface area contributed by atoms with Crippen LogP contribution in [0.1, 0.15) is 76.8 Å². The van der Waals surface area contributed by atoms with Crippen molar-refractivity contribution in [3.8, 4) is 0 Å². The zero-order chi connectivity index (χ0) is 36.1. The Kier molecular flexibility index (Phi) is 8.99. The van der Waals surface area contributed by atoms with Gasteiger partial charge in [0.05, 0.1) is 10.3 Å². The molecule has 0 radical (unpaired) electrons. The Morgan fingerprint density at radius 2 is 1.50 bits per heavy atom. The minimum absolute atomic E-state index is 0.0396. The summed E-state index contributed by atoms with van der Waals surface area (Å²) in [7, 11) is 0. The molecule has 0 bridgehead atoms. The van der Waals surface area contributed by atoms with Crippen molar-refractivity contribution in [1.29, 1.82) is 0 Å². The van der Waals surface area contributed by atoms with Gasteiger partial charge in [0, 0.05) is 36.6 Å². The van der Waals surface area contributed by atoms with Crippen LogP contribution in [0.3, 0.4) is 0 Å². The first-order valence-corrected chi connectivity index (χ1v) is 17.0. The molecule has 4 aliphatic carbocycles. The van der Waals surface area contributed by atoms with Gasteiger partial charge in [-0.05, 0) is 93.2 Å². The monoisotopic (exact) mass is 685 g/mol. The van der Waals surface area contributed by atoms with Crippen LogP contribution in [0.4, 0.5) is 5.69 Å². The lowest BCUT2D eigenvalue weighted by Gasteiger charge is -2.67. The third-order valence-corrected chi connectivity index (χ3v) is 12.4. The lowest BCUT2D eigenvalue weighted by molar-refractivity contribution is -0.384. The minimum atomic E-state index is -2.05. The Morgan fingerprint density at radius 1 is 0.880 bits per heavy atom. The van der Waals surface area contributed by atoms with E-state index in [1.54, 1.807) is 13.0 Å². The lowest BCUT2D eigenvalue weighted by Crippen LogP contribution is -2.78. The summed E-state index contributed by atoms with van der Waals surface area (Å²) in [6, 6.07) is 15.0. The van der Waals surface area contributed by atoms with Gasteiger partial charge in [0.1, 0.15) is 29.0 Å². The summed E-state index contributed by atoms with van der Waals surface area (Å²) in [5.74, 6) is -2.43. The number of esters is 2. The fraction of sp³-hybridized carbons (Fsp3) is 0.462. The molecule has 0 aliphatic heterocycles. The average molecular weight is 686 g/mol. The van der Waals surface area contributed by atoms with Gasteiger partial charge >= 0.3 is 11.9 Å². The molecule has 0 amide bonds. The summed E-state index contributed by atoms with van der Waals surface area (Å²) in [5.41, 5.74) is -5.87. The van der Waals surface area contributed by atoms with E-state index in [2.05, 4.69) is 0 Å². The number of hydrogen-bond donors (Lipinski definition) is 3. The Bertz CT molecular complexity index is 1790. The van der Waals surface area contributed by atoms with Crippen LogP contribution in [-0.2, 0) is 23.9 Å². The second-order valence-electron chi connectivity index (χ2n) is 14.7. The largest absolute Gasteiger partial charge is 0.459 e. The lowest BCUT2D eigenvalue weighted by atomic mass is 9.42. The highest BCUT2D eigenvalue weighted by Gasteiger charge is 2.81. The van der Waals surface area contributed by atoms with E-state index >= 15 is 0 Å². The van der Waals surface area contributed by atoms with E-state index < -0.39 is 68.4 Å². The smallest absolute Gasteiger partial charge is 0.331 e. The van der Waals surface area contributed by atoms with Crippen LogP contribution in [0.15, 0.2) is 78.4 Å². The number of hydrogen-bond acceptors (Lipinski definition) is 10. The normalized spacial score (nSPS) is 36.2. The zero-order valence-electron chi connectivity index (χ0n) is 28.4. The molecule has 0 saturated heterocycles. The minimum Gasteiger partial charge on any atom is -0.459 e. The molecule has 2 aromatic rings. The van der Waals surface area contributed by atoms with Crippen LogP contribution < -0.4 is 0 Å². The number of ether oxygens (including phenoxy) is 2. The first kappa shape index (κ1) is 35.4. The maximum absolute atomic E-state index is 13.3. The maximum atomic E-state index is 13.3. The molecule has 11 heteroatoms. The molecule has 6 rings (SSSR count). The number of ketones is 1. The van der Waals surface area contributed by atoms with Gasteiger partial charge in [-0.15, -0.1) is 0 Å². The second-order valence-corrected chi connectivity index (χ2v) is 14.7. The zero-order valence-corrected chi connectivity index (χ0v) is 28.4. The fourth-order valence-electron chi connectivity index (χ4n) is 9.44. The molecule has 50 heavy (non-hydrogen) atoms. The van der Waals surface area contributed by atoms with Crippen molar-refractivity contribution in [3.05, 3.63) is 99.6 Å². The Hall–Kier alpha value is -4.45. The van der Waals surface area contributed by atoms with Crippen molar-refractivity contribution in [3.63, 3.8) is 0 Å². The van der Waals surface area contributed by atoms with Gasteiger partial charge in [-0.3, -0.25) is 14.9 Å². The number of aliphatic hydroxyl groups is 3. The van der Waals surface area contributed by atoms with Gasteiger partial charge in [0.2, 0.25) is 0 Å². The number of carbonyl (C=O) groups excluding carboxylic acids is 3. The molecule has 0 unspecified atom stereocenters. The van der Waals surface area contributed by atoms with Gasteiger partial charge in [-0.2, -0.15) is 0 Å². The number of rotatable bonds is 8. The number of fused-ring (bicyclic) bond motifs is 5. The van der Waals surface area contributed by atoms with Gasteiger partial charge in [0.15, 0.2) is 5.78 Å². The number of benzene rings is 2. The standard InChI is InChI=1S/C39H43NO10/c1-25(41)37(44)21-22-39(46)36(37,3)32(50-34(43)16-11-26-7-5-4-6-8-26)24-31-35(2)19-18-30(23-28(35)17-20-38(31,39)45)49-33(42)15-12-27-9-13-29(14-10-27)40(47)48/h4-17,30-32,44-46H,18-24H2,1-3H3/b15-12+,16-11+/t30-,31+,32+,35-,36+,37+,38-,39+/m0/s1. The van der Waals surface area contributed by atoms with Crippen molar-refractivity contribution in [1.82, 2.24) is 0 Å². The highest BCUT2D eigenvalue weighted by molar-refractivity contribution is 5.89. The van der Waals surface area contributed by atoms with E-state index in [1.807, 2.05) is 43.3 Å². The van der Waals surface area contributed by atoms with Crippen molar-refractivity contribution in [2.75, 3.05) is 0 Å². The third-order valence-electron chi connectivity index (χ3n) is 12.4. The van der Waals surface area contributed by atoms with Crippen LogP contribution in [0.25, 0.3) is 12.2 Å².